The van der Waals surface area contributed by atoms with Gasteiger partial charge in [-0.25, -0.2) is 0 Å². The number of nitrogens with one attached hydrogen (secondary N) is 2. The van der Waals surface area contributed by atoms with E-state index >= 15 is 0 Å². The van der Waals surface area contributed by atoms with E-state index in [9.17, 15) is 4.79 Å². The first-order valence-electron chi connectivity index (χ1n) is 8.38. The largest absolute Gasteiger partial charge is 0.352 e. The number of benzene rings is 1. The lowest BCUT2D eigenvalue weighted by Gasteiger charge is -2.22. The van der Waals surface area contributed by atoms with E-state index in [0.29, 0.717) is 6.04 Å². The average molecular weight is 284 g/mol. The Hall–Kier alpha value is -1.35. The average Bonchev–Trinajstić information content (AvgIpc) is 3.23. The predicted molar refractivity (Wildman–Crippen MR) is 83.2 cm³/mol. The van der Waals surface area contributed by atoms with Crippen LogP contribution in [0, 0.1) is 17.8 Å². The van der Waals surface area contributed by atoms with Crippen molar-refractivity contribution >= 4 is 5.91 Å². The van der Waals surface area contributed by atoms with Crippen molar-refractivity contribution in [1.82, 2.24) is 10.6 Å². The highest BCUT2D eigenvalue weighted by atomic mass is 16.1. The molecular formula is C18H24N2O. The lowest BCUT2D eigenvalue weighted by molar-refractivity contribution is 0.0946. The van der Waals surface area contributed by atoms with E-state index in [1.54, 1.807) is 0 Å². The van der Waals surface area contributed by atoms with Crippen LogP contribution >= 0.6 is 0 Å². The highest BCUT2D eigenvalue weighted by Gasteiger charge is 2.54. The normalized spacial score (nSPS) is 31.9. The molecule has 0 saturated heterocycles. The molecule has 1 aromatic carbocycles. The fourth-order valence-corrected chi connectivity index (χ4v) is 4.75. The van der Waals surface area contributed by atoms with Crippen LogP contribution in [-0.4, -0.2) is 19.5 Å². The predicted octanol–water partition coefficient (Wildman–Crippen LogP) is 2.67. The minimum atomic E-state index is 0.0983. The van der Waals surface area contributed by atoms with Crippen LogP contribution in [0.1, 0.15) is 53.2 Å². The smallest absolute Gasteiger partial charge is 0.251 e. The van der Waals surface area contributed by atoms with Crippen molar-refractivity contribution in [2.75, 3.05) is 13.6 Å². The van der Waals surface area contributed by atoms with Gasteiger partial charge in [0.25, 0.3) is 5.91 Å². The number of amides is 1. The molecule has 112 valence electrons. The molecule has 0 radical (unpaired) electrons. The Kier molecular flexibility index (Phi) is 3.26. The topological polar surface area (TPSA) is 41.1 Å². The van der Waals surface area contributed by atoms with Crippen molar-refractivity contribution in [2.24, 2.45) is 17.8 Å². The molecule has 2 aliphatic carbocycles. The molecule has 2 fully saturated rings. The zero-order valence-electron chi connectivity index (χ0n) is 12.7. The molecule has 1 heterocycles. The van der Waals surface area contributed by atoms with Crippen LogP contribution in [0.5, 0.6) is 0 Å². The molecule has 0 aromatic heterocycles. The summed E-state index contributed by atoms with van der Waals surface area (Å²) < 4.78 is 0. The van der Waals surface area contributed by atoms with Gasteiger partial charge in [0.15, 0.2) is 0 Å². The van der Waals surface area contributed by atoms with Crippen LogP contribution in [0.2, 0.25) is 0 Å². The zero-order chi connectivity index (χ0) is 14.4. The lowest BCUT2D eigenvalue weighted by atomic mass is 9.92. The molecule has 3 unspecified atom stereocenters. The molecular weight excluding hydrogens is 260 g/mol. The molecule has 4 rings (SSSR count). The molecule has 2 saturated carbocycles. The maximum atomic E-state index is 12.1. The summed E-state index contributed by atoms with van der Waals surface area (Å²) in [5, 5.41) is 6.48. The molecule has 2 N–H and O–H groups in total. The highest BCUT2D eigenvalue weighted by Crippen LogP contribution is 2.60. The van der Waals surface area contributed by atoms with Crippen molar-refractivity contribution in [1.29, 1.82) is 0 Å². The zero-order valence-corrected chi connectivity index (χ0v) is 12.7. The SMILES string of the molecule is CNC(c1ccc2c(c1)C(=O)NCC2)C1C2CCCCC21. The molecule has 0 bridgehead atoms. The van der Waals surface area contributed by atoms with Gasteiger partial charge in [0.05, 0.1) is 0 Å². The molecule has 3 nitrogen and oxygen atoms in total. The summed E-state index contributed by atoms with van der Waals surface area (Å²) in [6.07, 6.45) is 6.57. The molecule has 3 aliphatic rings. The second kappa shape index (κ2) is 5.13. The number of fused-ring (bicyclic) bond motifs is 2. The number of rotatable bonds is 3. The summed E-state index contributed by atoms with van der Waals surface area (Å²) in [5.41, 5.74) is 3.39. The minimum absolute atomic E-state index is 0.0983. The van der Waals surface area contributed by atoms with Gasteiger partial charge in [0.1, 0.15) is 0 Å². The van der Waals surface area contributed by atoms with E-state index in [1.165, 1.54) is 36.8 Å². The second-order valence-electron chi connectivity index (χ2n) is 6.88. The number of hydrogen-bond donors (Lipinski definition) is 2. The van der Waals surface area contributed by atoms with Crippen molar-refractivity contribution in [3.63, 3.8) is 0 Å². The van der Waals surface area contributed by atoms with Crippen molar-refractivity contribution < 1.29 is 4.79 Å². The third-order valence-electron chi connectivity index (χ3n) is 5.84. The number of carbonyl (C=O) groups excluding carboxylic acids is 1. The van der Waals surface area contributed by atoms with Gasteiger partial charge in [-0.1, -0.05) is 25.0 Å². The number of hydrogen-bond acceptors (Lipinski definition) is 2. The third-order valence-corrected chi connectivity index (χ3v) is 5.84. The van der Waals surface area contributed by atoms with E-state index in [1.807, 2.05) is 0 Å². The summed E-state index contributed by atoms with van der Waals surface area (Å²) in [6, 6.07) is 6.95. The van der Waals surface area contributed by atoms with Gasteiger partial charge in [-0.15, -0.1) is 0 Å². The molecule has 21 heavy (non-hydrogen) atoms. The fraction of sp³-hybridized carbons (Fsp3) is 0.611. The first kappa shape index (κ1) is 13.3. The van der Waals surface area contributed by atoms with Gasteiger partial charge in [-0.2, -0.15) is 0 Å². The Morgan fingerprint density at radius 3 is 2.71 bits per heavy atom. The number of carbonyl (C=O) groups is 1. The molecule has 1 amide bonds. The van der Waals surface area contributed by atoms with Gasteiger partial charge in [-0.3, -0.25) is 4.79 Å². The van der Waals surface area contributed by atoms with Crippen molar-refractivity contribution in [3.8, 4) is 0 Å². The van der Waals surface area contributed by atoms with E-state index in [4.69, 9.17) is 0 Å². The van der Waals surface area contributed by atoms with Crippen molar-refractivity contribution in [3.05, 3.63) is 34.9 Å². The summed E-state index contributed by atoms with van der Waals surface area (Å²) in [4.78, 5) is 12.1. The Morgan fingerprint density at radius 2 is 2.00 bits per heavy atom. The van der Waals surface area contributed by atoms with Crippen LogP contribution in [0.4, 0.5) is 0 Å². The lowest BCUT2D eigenvalue weighted by Crippen LogP contribution is -2.32. The summed E-state index contributed by atoms with van der Waals surface area (Å²) >= 11 is 0. The van der Waals surface area contributed by atoms with E-state index in [-0.39, 0.29) is 5.91 Å². The molecule has 1 aromatic rings. The van der Waals surface area contributed by atoms with Gasteiger partial charge in [0, 0.05) is 18.2 Å². The maximum Gasteiger partial charge on any atom is 0.251 e. The summed E-state index contributed by atoms with van der Waals surface area (Å²) in [5.74, 6) is 2.71. The quantitative estimate of drug-likeness (QED) is 0.896. The fourth-order valence-electron chi connectivity index (χ4n) is 4.75. The summed E-state index contributed by atoms with van der Waals surface area (Å²) in [6.45, 7) is 0.771. The maximum absolute atomic E-state index is 12.1. The standard InChI is InChI=1S/C18H24N2O/c1-19-17(16-13-4-2-3-5-14(13)16)12-7-6-11-8-9-20-18(21)15(11)10-12/h6-7,10,13-14,16-17,19H,2-5,8-9H2,1H3,(H,20,21). The first-order chi connectivity index (χ1) is 10.3. The van der Waals surface area contributed by atoms with Crippen molar-refractivity contribution in [2.45, 2.75) is 38.1 Å². The van der Waals surface area contributed by atoms with Crippen LogP contribution in [0.3, 0.4) is 0 Å². The molecule has 1 aliphatic heterocycles. The van der Waals surface area contributed by atoms with Crippen LogP contribution in [0.25, 0.3) is 0 Å². The van der Waals surface area contributed by atoms with E-state index in [0.717, 1.165) is 36.3 Å². The summed E-state index contributed by atoms with van der Waals surface area (Å²) in [7, 11) is 2.06. The van der Waals surface area contributed by atoms with Gasteiger partial charge >= 0.3 is 0 Å². The molecule has 0 spiro atoms. The highest BCUT2D eigenvalue weighted by molar-refractivity contribution is 5.96. The molecule has 3 atom stereocenters. The van der Waals surface area contributed by atoms with E-state index in [2.05, 4.69) is 35.9 Å². The van der Waals surface area contributed by atoms with Crippen LogP contribution in [0.15, 0.2) is 18.2 Å². The van der Waals surface area contributed by atoms with E-state index < -0.39 is 0 Å². The van der Waals surface area contributed by atoms with Gasteiger partial charge in [-0.05, 0) is 61.3 Å². The Balaban J connectivity index is 1.62. The second-order valence-corrected chi connectivity index (χ2v) is 6.88. The van der Waals surface area contributed by atoms with Gasteiger partial charge < -0.3 is 10.6 Å². The first-order valence-corrected chi connectivity index (χ1v) is 8.38. The van der Waals surface area contributed by atoms with Crippen LogP contribution < -0.4 is 10.6 Å². The Bertz CT molecular complexity index is 556. The third kappa shape index (κ3) is 2.18. The van der Waals surface area contributed by atoms with Crippen LogP contribution in [-0.2, 0) is 6.42 Å². The monoisotopic (exact) mass is 284 g/mol. The Morgan fingerprint density at radius 1 is 1.24 bits per heavy atom. The van der Waals surface area contributed by atoms with Gasteiger partial charge in [0.2, 0.25) is 0 Å². The Labute approximate surface area is 126 Å². The minimum Gasteiger partial charge on any atom is -0.352 e. The molecule has 3 heteroatoms.